The Balaban J connectivity index is 1.59. The van der Waals surface area contributed by atoms with Gasteiger partial charge in [-0.25, -0.2) is 0 Å². The zero-order valence-corrected chi connectivity index (χ0v) is 16.1. The van der Waals surface area contributed by atoms with Crippen molar-refractivity contribution in [2.45, 2.75) is 58.9 Å². The Morgan fingerprint density at radius 2 is 2.15 bits per heavy atom. The summed E-state index contributed by atoms with van der Waals surface area (Å²) in [6.07, 6.45) is 5.37. The van der Waals surface area contributed by atoms with E-state index < -0.39 is 0 Å². The fourth-order valence-corrected chi connectivity index (χ4v) is 4.33. The molecule has 2 fully saturated rings. The molecule has 0 bridgehead atoms. The molecule has 7 heteroatoms. The first-order valence-corrected chi connectivity index (χ1v) is 9.92. The predicted molar refractivity (Wildman–Crippen MR) is 97.3 cm³/mol. The molecule has 0 saturated carbocycles. The van der Waals surface area contributed by atoms with E-state index in [2.05, 4.69) is 28.9 Å². The lowest BCUT2D eigenvalue weighted by atomic mass is 9.73. The highest BCUT2D eigenvalue weighted by molar-refractivity contribution is 5.77. The second kappa shape index (κ2) is 8.48. The lowest BCUT2D eigenvalue weighted by molar-refractivity contribution is -0.139. The van der Waals surface area contributed by atoms with Crippen LogP contribution in [-0.4, -0.2) is 63.7 Å². The Kier molecular flexibility index (Phi) is 6.29. The molecule has 1 atom stereocenters. The third-order valence-corrected chi connectivity index (χ3v) is 5.53. The van der Waals surface area contributed by atoms with Gasteiger partial charge in [-0.1, -0.05) is 19.0 Å². The second-order valence-corrected chi connectivity index (χ2v) is 8.41. The highest BCUT2D eigenvalue weighted by Crippen LogP contribution is 2.39. The maximum atomic E-state index is 12.2. The van der Waals surface area contributed by atoms with E-state index in [0.29, 0.717) is 31.8 Å². The normalized spacial score (nSPS) is 24.8. The molecule has 146 valence electrons. The topological polar surface area (TPSA) is 82.7 Å². The van der Waals surface area contributed by atoms with Crippen LogP contribution in [0.4, 0.5) is 0 Å². The van der Waals surface area contributed by atoms with Crippen molar-refractivity contribution < 1.29 is 14.4 Å². The van der Waals surface area contributed by atoms with Gasteiger partial charge in [-0.3, -0.25) is 9.69 Å². The summed E-state index contributed by atoms with van der Waals surface area (Å²) in [4.78, 5) is 21.1. The lowest BCUT2D eigenvalue weighted by Crippen LogP contribution is -2.54. The van der Waals surface area contributed by atoms with Gasteiger partial charge in [0.2, 0.25) is 11.8 Å². The van der Waals surface area contributed by atoms with Crippen LogP contribution in [0.1, 0.15) is 57.7 Å². The van der Waals surface area contributed by atoms with E-state index in [1.807, 2.05) is 4.90 Å². The van der Waals surface area contributed by atoms with Gasteiger partial charge >= 0.3 is 0 Å². The van der Waals surface area contributed by atoms with Crippen LogP contribution in [0.2, 0.25) is 0 Å². The summed E-state index contributed by atoms with van der Waals surface area (Å²) in [7, 11) is 0. The van der Waals surface area contributed by atoms with Gasteiger partial charge in [0.25, 0.3) is 0 Å². The summed E-state index contributed by atoms with van der Waals surface area (Å²) in [6.45, 7) is 8.64. The number of nitrogens with zero attached hydrogens (tertiary/aromatic N) is 4. The van der Waals surface area contributed by atoms with Gasteiger partial charge in [0.1, 0.15) is 0 Å². The van der Waals surface area contributed by atoms with Crippen molar-refractivity contribution in [1.82, 2.24) is 19.9 Å². The maximum absolute atomic E-state index is 12.2. The summed E-state index contributed by atoms with van der Waals surface area (Å²) in [6, 6.07) is 0. The number of rotatable bonds is 7. The van der Waals surface area contributed by atoms with E-state index in [9.17, 15) is 4.79 Å². The zero-order valence-electron chi connectivity index (χ0n) is 16.1. The van der Waals surface area contributed by atoms with Crippen molar-refractivity contribution in [3.05, 3.63) is 11.7 Å². The van der Waals surface area contributed by atoms with E-state index in [1.165, 1.54) is 0 Å². The summed E-state index contributed by atoms with van der Waals surface area (Å²) >= 11 is 0. The highest BCUT2D eigenvalue weighted by Gasteiger charge is 2.41. The largest absolute Gasteiger partial charge is 0.396 e. The molecule has 0 unspecified atom stereocenters. The van der Waals surface area contributed by atoms with Gasteiger partial charge in [0.15, 0.2) is 5.82 Å². The molecule has 2 aliphatic heterocycles. The molecule has 0 aliphatic carbocycles. The van der Waals surface area contributed by atoms with Crippen molar-refractivity contribution in [3.8, 4) is 0 Å². The fraction of sp³-hybridized carbons (Fsp3) is 0.842. The SMILES string of the molecule is CC(C)Cc1nc(CN2CCC[C@@]3(CCC(=O)N(CCCO)C3)C2)no1. The Hall–Kier alpha value is -1.47. The van der Waals surface area contributed by atoms with Crippen molar-refractivity contribution in [2.75, 3.05) is 32.8 Å². The molecule has 0 radical (unpaired) electrons. The smallest absolute Gasteiger partial charge is 0.226 e. The Labute approximate surface area is 155 Å². The molecule has 3 rings (SSSR count). The fourth-order valence-electron chi connectivity index (χ4n) is 4.33. The van der Waals surface area contributed by atoms with Gasteiger partial charge in [-0.2, -0.15) is 4.98 Å². The van der Waals surface area contributed by atoms with Gasteiger partial charge in [0, 0.05) is 44.5 Å². The van der Waals surface area contributed by atoms with E-state index in [-0.39, 0.29) is 17.9 Å². The van der Waals surface area contributed by atoms with Crippen molar-refractivity contribution >= 4 is 5.91 Å². The van der Waals surface area contributed by atoms with Crippen LogP contribution in [0, 0.1) is 11.3 Å². The summed E-state index contributed by atoms with van der Waals surface area (Å²) < 4.78 is 5.37. The lowest BCUT2D eigenvalue weighted by Gasteiger charge is -2.48. The molecule has 0 aromatic carbocycles. The maximum Gasteiger partial charge on any atom is 0.226 e. The quantitative estimate of drug-likeness (QED) is 0.795. The van der Waals surface area contributed by atoms with Crippen LogP contribution in [0.5, 0.6) is 0 Å². The summed E-state index contributed by atoms with van der Waals surface area (Å²) in [5.74, 6) is 2.23. The number of piperidine rings is 2. The predicted octanol–water partition coefficient (Wildman–Crippen LogP) is 1.86. The standard InChI is InChI=1S/C19H32N4O3/c1-15(2)11-17-20-16(21-26-17)12-22-8-3-6-19(13-22)7-5-18(25)23(14-19)9-4-10-24/h15,24H,3-14H2,1-2H3/t19-/m1/s1. The number of aliphatic hydroxyl groups excluding tert-OH is 1. The van der Waals surface area contributed by atoms with Crippen molar-refractivity contribution in [3.63, 3.8) is 0 Å². The average molecular weight is 364 g/mol. The average Bonchev–Trinajstić information content (AvgIpc) is 3.02. The first-order chi connectivity index (χ1) is 12.5. The Morgan fingerprint density at radius 1 is 1.31 bits per heavy atom. The first-order valence-electron chi connectivity index (χ1n) is 9.92. The minimum atomic E-state index is 0.138. The molecule has 2 aliphatic rings. The number of likely N-dealkylation sites (tertiary alicyclic amines) is 2. The molecule has 1 aromatic rings. The van der Waals surface area contributed by atoms with Crippen LogP contribution in [0.15, 0.2) is 4.52 Å². The molecule has 1 aromatic heterocycles. The molecule has 3 heterocycles. The minimum absolute atomic E-state index is 0.138. The van der Waals surface area contributed by atoms with Gasteiger partial charge in [-0.15, -0.1) is 0 Å². The number of carbonyl (C=O) groups excluding carboxylic acids is 1. The molecule has 1 amide bonds. The van der Waals surface area contributed by atoms with Gasteiger partial charge < -0.3 is 14.5 Å². The summed E-state index contributed by atoms with van der Waals surface area (Å²) in [5.41, 5.74) is 0.173. The Bertz CT molecular complexity index is 603. The number of amides is 1. The number of carbonyl (C=O) groups is 1. The van der Waals surface area contributed by atoms with Crippen LogP contribution >= 0.6 is 0 Å². The molecule has 1 spiro atoms. The number of hydrogen-bond acceptors (Lipinski definition) is 6. The van der Waals surface area contributed by atoms with Crippen molar-refractivity contribution in [2.24, 2.45) is 11.3 Å². The van der Waals surface area contributed by atoms with Crippen LogP contribution < -0.4 is 0 Å². The Morgan fingerprint density at radius 3 is 2.92 bits per heavy atom. The van der Waals surface area contributed by atoms with E-state index in [0.717, 1.165) is 57.0 Å². The third-order valence-electron chi connectivity index (χ3n) is 5.53. The third kappa shape index (κ3) is 4.82. The monoisotopic (exact) mass is 364 g/mol. The van der Waals surface area contributed by atoms with Gasteiger partial charge in [0.05, 0.1) is 6.54 Å². The minimum Gasteiger partial charge on any atom is -0.396 e. The van der Waals surface area contributed by atoms with Crippen LogP contribution in [0.25, 0.3) is 0 Å². The van der Waals surface area contributed by atoms with E-state index >= 15 is 0 Å². The zero-order chi connectivity index (χ0) is 18.6. The van der Waals surface area contributed by atoms with Crippen LogP contribution in [-0.2, 0) is 17.8 Å². The molecule has 26 heavy (non-hydrogen) atoms. The molecule has 7 nitrogen and oxygen atoms in total. The first kappa shape index (κ1) is 19.3. The van der Waals surface area contributed by atoms with Crippen molar-refractivity contribution in [1.29, 1.82) is 0 Å². The van der Waals surface area contributed by atoms with E-state index in [1.54, 1.807) is 0 Å². The van der Waals surface area contributed by atoms with E-state index in [4.69, 9.17) is 9.63 Å². The molecular formula is C19H32N4O3. The van der Waals surface area contributed by atoms with Crippen LogP contribution in [0.3, 0.4) is 0 Å². The van der Waals surface area contributed by atoms with Gasteiger partial charge in [-0.05, 0) is 38.1 Å². The molecule has 2 saturated heterocycles. The number of aliphatic hydroxyl groups is 1. The number of aromatic nitrogens is 2. The second-order valence-electron chi connectivity index (χ2n) is 8.41. The summed E-state index contributed by atoms with van der Waals surface area (Å²) in [5, 5.41) is 13.2. The number of hydrogen-bond donors (Lipinski definition) is 1. The molecular weight excluding hydrogens is 332 g/mol. The molecule has 1 N–H and O–H groups in total. The highest BCUT2D eigenvalue weighted by atomic mass is 16.5.